The fourth-order valence-electron chi connectivity index (χ4n) is 8.01. The number of para-hydroxylation sites is 2. The van der Waals surface area contributed by atoms with Crippen molar-refractivity contribution in [1.29, 1.82) is 0 Å². The van der Waals surface area contributed by atoms with Gasteiger partial charge in [0.2, 0.25) is 0 Å². The van der Waals surface area contributed by atoms with Crippen molar-refractivity contribution < 1.29 is 8.83 Å². The minimum absolute atomic E-state index is 0.0861. The number of hydrogen-bond donors (Lipinski definition) is 3. The van der Waals surface area contributed by atoms with Crippen LogP contribution in [0.15, 0.2) is 160 Å². The maximum Gasteiger partial charge on any atom is 0.141 e. The molecule has 0 aliphatic carbocycles. The third kappa shape index (κ3) is 4.65. The van der Waals surface area contributed by atoms with Crippen LogP contribution in [-0.2, 0) is 0 Å². The molecule has 0 amide bonds. The third-order valence-electron chi connectivity index (χ3n) is 10.4. The van der Waals surface area contributed by atoms with Crippen LogP contribution in [0.25, 0.3) is 75.2 Å². The van der Waals surface area contributed by atoms with E-state index in [1.165, 1.54) is 31.3 Å². The van der Waals surface area contributed by atoms with Crippen LogP contribution in [0.2, 0.25) is 0 Å². The van der Waals surface area contributed by atoms with Crippen LogP contribution >= 0.6 is 11.3 Å². The molecule has 4 heterocycles. The van der Waals surface area contributed by atoms with Gasteiger partial charge >= 0.3 is 0 Å². The SMILES string of the molecule is c1ccc(C2NC(c3ccc4c(c3)sc3ccccc34)NC(c3cccc4c3oc3cc(-c5cccc6oc7ccccc7c56)ccc34)N2)cc1. The zero-order valence-electron chi connectivity index (χ0n) is 27.4. The van der Waals surface area contributed by atoms with Crippen LogP contribution in [0.5, 0.6) is 0 Å². The van der Waals surface area contributed by atoms with E-state index in [1.54, 1.807) is 0 Å². The summed E-state index contributed by atoms with van der Waals surface area (Å²) in [5.41, 5.74) is 9.20. The summed E-state index contributed by atoms with van der Waals surface area (Å²) in [6.45, 7) is 0. The predicted octanol–water partition coefficient (Wildman–Crippen LogP) is 11.7. The van der Waals surface area contributed by atoms with E-state index in [1.807, 2.05) is 29.5 Å². The monoisotopic (exact) mass is 677 g/mol. The molecule has 1 aliphatic heterocycles. The molecule has 6 heteroatoms. The van der Waals surface area contributed by atoms with Gasteiger partial charge in [-0.1, -0.05) is 115 Å². The highest BCUT2D eigenvalue weighted by Crippen LogP contribution is 2.41. The summed E-state index contributed by atoms with van der Waals surface area (Å²) >= 11 is 1.85. The molecule has 10 aromatic rings. The van der Waals surface area contributed by atoms with Crippen molar-refractivity contribution in [2.75, 3.05) is 0 Å². The number of hydrogen-bond acceptors (Lipinski definition) is 6. The standard InChI is InChI=1S/C45H31N3O2S/c1-2-10-26(11-3-1)43-46-44(28-21-23-32-31-12-5-7-19-39(31)51-40(32)25-28)48-45(47-43)35-16-8-15-33-30-22-20-27(24-38(30)50-42(33)35)29-14-9-18-37-41(29)34-13-4-6-17-36(34)49-37/h1-25,43-48H. The summed E-state index contributed by atoms with van der Waals surface area (Å²) < 4.78 is 15.6. The topological polar surface area (TPSA) is 62.4 Å². The molecule has 0 saturated carbocycles. The second kappa shape index (κ2) is 11.4. The van der Waals surface area contributed by atoms with E-state index in [2.05, 4.69) is 149 Å². The van der Waals surface area contributed by atoms with Crippen LogP contribution in [0.1, 0.15) is 35.2 Å². The Morgan fingerprint density at radius 1 is 0.431 bits per heavy atom. The van der Waals surface area contributed by atoms with Crippen molar-refractivity contribution in [3.8, 4) is 11.1 Å². The summed E-state index contributed by atoms with van der Waals surface area (Å²) in [6.07, 6.45) is -0.376. The van der Waals surface area contributed by atoms with Crippen LogP contribution in [0.4, 0.5) is 0 Å². The largest absolute Gasteiger partial charge is 0.456 e. The van der Waals surface area contributed by atoms with Crippen molar-refractivity contribution in [2.45, 2.75) is 18.5 Å². The number of rotatable bonds is 4. The Labute approximate surface area is 297 Å². The van der Waals surface area contributed by atoms with Gasteiger partial charge in [0.25, 0.3) is 0 Å². The molecule has 3 atom stereocenters. The average molecular weight is 678 g/mol. The van der Waals surface area contributed by atoms with Gasteiger partial charge in [-0.15, -0.1) is 11.3 Å². The second-order valence-corrected chi connectivity index (χ2v) is 14.5. The third-order valence-corrected chi connectivity index (χ3v) is 11.6. The maximum atomic E-state index is 6.83. The van der Waals surface area contributed by atoms with E-state index < -0.39 is 0 Å². The van der Waals surface area contributed by atoms with Gasteiger partial charge in [0.1, 0.15) is 22.3 Å². The molecular weight excluding hydrogens is 647 g/mol. The molecule has 3 unspecified atom stereocenters. The quantitative estimate of drug-likeness (QED) is 0.173. The first-order chi connectivity index (χ1) is 25.2. The molecule has 0 bridgehead atoms. The first kappa shape index (κ1) is 29.0. The van der Waals surface area contributed by atoms with Crippen molar-refractivity contribution in [3.63, 3.8) is 0 Å². The predicted molar refractivity (Wildman–Crippen MR) is 210 cm³/mol. The summed E-state index contributed by atoms with van der Waals surface area (Å²) in [5.74, 6) is 0. The van der Waals surface area contributed by atoms with Crippen LogP contribution in [0.3, 0.4) is 0 Å². The molecule has 11 rings (SSSR count). The summed E-state index contributed by atoms with van der Waals surface area (Å²) in [6, 6.07) is 53.7. The average Bonchev–Trinajstić information content (AvgIpc) is 3.88. The van der Waals surface area contributed by atoms with Crippen molar-refractivity contribution in [1.82, 2.24) is 16.0 Å². The Kier molecular flexibility index (Phi) is 6.48. The Hall–Kier alpha value is -5.76. The van der Waals surface area contributed by atoms with E-state index >= 15 is 0 Å². The molecule has 244 valence electrons. The number of fused-ring (bicyclic) bond motifs is 9. The van der Waals surface area contributed by atoms with Crippen molar-refractivity contribution in [2.24, 2.45) is 0 Å². The lowest BCUT2D eigenvalue weighted by atomic mass is 9.98. The van der Waals surface area contributed by atoms with Crippen molar-refractivity contribution >= 4 is 75.4 Å². The first-order valence-corrected chi connectivity index (χ1v) is 18.2. The van der Waals surface area contributed by atoms with E-state index in [0.29, 0.717) is 0 Å². The zero-order chi connectivity index (χ0) is 33.5. The molecule has 5 nitrogen and oxygen atoms in total. The Bertz CT molecular complexity index is 2940. The van der Waals surface area contributed by atoms with Crippen LogP contribution in [-0.4, -0.2) is 0 Å². The molecule has 1 fully saturated rings. The Balaban J connectivity index is 1.02. The van der Waals surface area contributed by atoms with Gasteiger partial charge in [0.15, 0.2) is 0 Å². The van der Waals surface area contributed by atoms with E-state index in [0.717, 1.165) is 60.6 Å². The van der Waals surface area contributed by atoms with E-state index in [4.69, 9.17) is 8.83 Å². The van der Waals surface area contributed by atoms with Crippen LogP contribution in [0, 0.1) is 0 Å². The lowest BCUT2D eigenvalue weighted by Gasteiger charge is -2.39. The zero-order valence-corrected chi connectivity index (χ0v) is 28.2. The molecule has 51 heavy (non-hydrogen) atoms. The molecule has 0 radical (unpaired) electrons. The molecular formula is C45H31N3O2S. The fraction of sp³-hybridized carbons (Fsp3) is 0.0667. The minimum Gasteiger partial charge on any atom is -0.456 e. The number of benzene rings is 7. The lowest BCUT2D eigenvalue weighted by Crippen LogP contribution is -2.54. The van der Waals surface area contributed by atoms with Gasteiger partial charge in [0.05, 0.1) is 18.5 Å². The first-order valence-electron chi connectivity index (χ1n) is 17.4. The minimum atomic E-state index is -0.186. The van der Waals surface area contributed by atoms with Gasteiger partial charge < -0.3 is 8.83 Å². The van der Waals surface area contributed by atoms with E-state index in [-0.39, 0.29) is 18.5 Å². The molecule has 3 aromatic heterocycles. The highest BCUT2D eigenvalue weighted by Gasteiger charge is 2.31. The molecule has 7 aromatic carbocycles. The number of furan rings is 2. The van der Waals surface area contributed by atoms with E-state index in [9.17, 15) is 0 Å². The normalized spacial score (nSPS) is 18.2. The maximum absolute atomic E-state index is 6.83. The molecule has 0 spiro atoms. The van der Waals surface area contributed by atoms with Gasteiger partial charge in [-0.25, -0.2) is 0 Å². The summed E-state index contributed by atoms with van der Waals surface area (Å²) in [7, 11) is 0. The highest BCUT2D eigenvalue weighted by molar-refractivity contribution is 7.25. The summed E-state index contributed by atoms with van der Waals surface area (Å²) in [4.78, 5) is 0. The summed E-state index contributed by atoms with van der Waals surface area (Å²) in [5, 5.41) is 18.7. The highest BCUT2D eigenvalue weighted by atomic mass is 32.1. The Morgan fingerprint density at radius 3 is 2.06 bits per heavy atom. The smallest absolute Gasteiger partial charge is 0.141 e. The van der Waals surface area contributed by atoms with Gasteiger partial charge in [-0.2, -0.15) is 0 Å². The van der Waals surface area contributed by atoms with Crippen LogP contribution < -0.4 is 16.0 Å². The van der Waals surface area contributed by atoms with Gasteiger partial charge in [0, 0.05) is 47.3 Å². The fourth-order valence-corrected chi connectivity index (χ4v) is 9.16. The van der Waals surface area contributed by atoms with Crippen molar-refractivity contribution in [3.05, 3.63) is 168 Å². The molecule has 1 aliphatic rings. The molecule has 1 saturated heterocycles. The van der Waals surface area contributed by atoms with Gasteiger partial charge in [-0.3, -0.25) is 16.0 Å². The lowest BCUT2D eigenvalue weighted by molar-refractivity contribution is 0.203. The molecule has 3 N–H and O–H groups in total. The van der Waals surface area contributed by atoms with Gasteiger partial charge in [-0.05, 0) is 58.7 Å². The number of nitrogens with one attached hydrogen (secondary N) is 3. The Morgan fingerprint density at radius 2 is 1.14 bits per heavy atom. The number of thiophene rings is 1. The second-order valence-electron chi connectivity index (χ2n) is 13.4.